The van der Waals surface area contributed by atoms with E-state index in [2.05, 4.69) is 43.8 Å². The van der Waals surface area contributed by atoms with Crippen LogP contribution in [0.1, 0.15) is 34.7 Å². The number of carbonyl (C=O) groups is 2. The van der Waals surface area contributed by atoms with Gasteiger partial charge in [-0.05, 0) is 56.9 Å². The van der Waals surface area contributed by atoms with Gasteiger partial charge in [0.15, 0.2) is 5.82 Å². The largest absolute Gasteiger partial charge is 0.336 e. The summed E-state index contributed by atoms with van der Waals surface area (Å²) in [6, 6.07) is 29.9. The van der Waals surface area contributed by atoms with Gasteiger partial charge < -0.3 is 10.2 Å². The molecule has 41 heavy (non-hydrogen) atoms. The summed E-state index contributed by atoms with van der Waals surface area (Å²) in [7, 11) is 1.77. The van der Waals surface area contributed by atoms with Gasteiger partial charge in [0.2, 0.25) is 5.91 Å². The van der Waals surface area contributed by atoms with Crippen molar-refractivity contribution in [3.63, 3.8) is 0 Å². The molecule has 1 N–H and O–H groups in total. The minimum atomic E-state index is -0.123. The molecule has 5 aromatic rings. The lowest BCUT2D eigenvalue weighted by Crippen LogP contribution is -2.50. The third-order valence-electron chi connectivity index (χ3n) is 7.48. The zero-order valence-electron chi connectivity index (χ0n) is 23.1. The lowest BCUT2D eigenvalue weighted by molar-refractivity contribution is -0.114. The summed E-state index contributed by atoms with van der Waals surface area (Å²) >= 11 is 0. The molecule has 1 saturated heterocycles. The molecular weight excluding hydrogens is 514 g/mol. The number of fused-ring (bicyclic) bond motifs is 1. The number of aryl methyl sites for hydroxylation is 1. The number of hydrogen-bond acceptors (Lipinski definition) is 6. The Bertz CT molecular complexity index is 1710. The summed E-state index contributed by atoms with van der Waals surface area (Å²) in [5.41, 5.74) is 4.57. The number of nitrogens with one attached hydrogen (secondary N) is 1. The molecule has 206 valence electrons. The van der Waals surface area contributed by atoms with E-state index >= 15 is 0 Å². The summed E-state index contributed by atoms with van der Waals surface area (Å²) in [6.45, 7) is 4.10. The van der Waals surface area contributed by atoms with E-state index in [0.717, 1.165) is 33.2 Å². The first-order valence-electron chi connectivity index (χ1n) is 13.7. The van der Waals surface area contributed by atoms with Crippen molar-refractivity contribution in [2.75, 3.05) is 31.5 Å². The van der Waals surface area contributed by atoms with E-state index in [1.54, 1.807) is 7.05 Å². The number of hydrogen-bond donors (Lipinski definition) is 1. The highest BCUT2D eigenvalue weighted by Gasteiger charge is 2.31. The Morgan fingerprint density at radius 1 is 0.829 bits per heavy atom. The first-order chi connectivity index (χ1) is 20.0. The molecule has 1 aromatic heterocycles. The maximum atomic E-state index is 13.8. The Balaban J connectivity index is 1.21. The second kappa shape index (κ2) is 11.3. The molecular formula is C32H31N7O2. The Morgan fingerprint density at radius 3 is 2.32 bits per heavy atom. The summed E-state index contributed by atoms with van der Waals surface area (Å²) in [5.74, 6) is 0.584. The maximum Gasteiger partial charge on any atom is 0.254 e. The SMILES string of the molecule is CC(=O)Nc1cccc(-c2ccc3c(C(=O)N4CCN(C(c5ccccc5)c5nnn(C)n5)CC4)cccc3c2)c1. The molecule has 6 rings (SSSR count). The van der Waals surface area contributed by atoms with Crippen LogP contribution in [0.15, 0.2) is 91.0 Å². The minimum absolute atomic E-state index is 0.0320. The van der Waals surface area contributed by atoms with Crippen molar-refractivity contribution in [1.82, 2.24) is 30.0 Å². The number of amides is 2. The molecule has 0 aliphatic carbocycles. The molecule has 1 fully saturated rings. The first-order valence-corrected chi connectivity index (χ1v) is 13.7. The Labute approximate surface area is 238 Å². The molecule has 2 heterocycles. The molecule has 1 atom stereocenters. The maximum absolute atomic E-state index is 13.8. The van der Waals surface area contributed by atoms with E-state index in [-0.39, 0.29) is 17.9 Å². The third-order valence-corrected chi connectivity index (χ3v) is 7.48. The number of rotatable bonds is 6. The van der Waals surface area contributed by atoms with Gasteiger partial charge in [0.1, 0.15) is 0 Å². The number of piperazine rings is 1. The van der Waals surface area contributed by atoms with Crippen molar-refractivity contribution in [2.45, 2.75) is 13.0 Å². The molecule has 0 saturated carbocycles. The number of tetrazole rings is 1. The van der Waals surface area contributed by atoms with Crippen LogP contribution in [-0.4, -0.2) is 68.0 Å². The van der Waals surface area contributed by atoms with E-state index < -0.39 is 0 Å². The van der Waals surface area contributed by atoms with Crippen LogP contribution >= 0.6 is 0 Å². The molecule has 2 amide bonds. The summed E-state index contributed by atoms with van der Waals surface area (Å²) in [5, 5.41) is 17.6. The summed E-state index contributed by atoms with van der Waals surface area (Å²) in [4.78, 5) is 31.0. The normalized spacial score (nSPS) is 14.6. The van der Waals surface area contributed by atoms with Gasteiger partial charge in [-0.1, -0.05) is 66.7 Å². The van der Waals surface area contributed by atoms with Crippen LogP contribution in [0.25, 0.3) is 21.9 Å². The fourth-order valence-corrected chi connectivity index (χ4v) is 5.55. The van der Waals surface area contributed by atoms with Crippen molar-refractivity contribution >= 4 is 28.3 Å². The molecule has 4 aromatic carbocycles. The van der Waals surface area contributed by atoms with Crippen molar-refractivity contribution in [2.24, 2.45) is 7.05 Å². The number of benzene rings is 4. The predicted molar refractivity (Wildman–Crippen MR) is 158 cm³/mol. The fourth-order valence-electron chi connectivity index (χ4n) is 5.55. The van der Waals surface area contributed by atoms with Crippen molar-refractivity contribution < 1.29 is 9.59 Å². The van der Waals surface area contributed by atoms with Gasteiger partial charge in [-0.25, -0.2) is 0 Å². The van der Waals surface area contributed by atoms with Crippen LogP contribution in [0.4, 0.5) is 5.69 Å². The van der Waals surface area contributed by atoms with Gasteiger partial charge in [-0.2, -0.15) is 4.80 Å². The molecule has 0 bridgehead atoms. The summed E-state index contributed by atoms with van der Waals surface area (Å²) < 4.78 is 0. The third kappa shape index (κ3) is 5.57. The second-order valence-electron chi connectivity index (χ2n) is 10.3. The molecule has 0 radical (unpaired) electrons. The molecule has 0 spiro atoms. The molecule has 1 aliphatic rings. The number of anilines is 1. The van der Waals surface area contributed by atoms with Crippen LogP contribution in [-0.2, 0) is 11.8 Å². The van der Waals surface area contributed by atoms with Crippen molar-refractivity contribution in [3.8, 4) is 11.1 Å². The number of carbonyl (C=O) groups excluding carboxylic acids is 2. The Kier molecular flexibility index (Phi) is 7.26. The number of aromatic nitrogens is 4. The minimum Gasteiger partial charge on any atom is -0.336 e. The lowest BCUT2D eigenvalue weighted by Gasteiger charge is -2.38. The van der Waals surface area contributed by atoms with Crippen LogP contribution in [0.5, 0.6) is 0 Å². The van der Waals surface area contributed by atoms with E-state index in [1.807, 2.05) is 77.7 Å². The monoisotopic (exact) mass is 545 g/mol. The van der Waals surface area contributed by atoms with Crippen LogP contribution in [0, 0.1) is 0 Å². The zero-order valence-corrected chi connectivity index (χ0v) is 23.1. The Hall–Kier alpha value is -4.89. The van der Waals surface area contributed by atoms with Gasteiger partial charge in [0, 0.05) is 44.4 Å². The number of nitrogens with zero attached hydrogens (tertiary/aromatic N) is 6. The molecule has 9 heteroatoms. The van der Waals surface area contributed by atoms with Gasteiger partial charge in [0.25, 0.3) is 5.91 Å². The average molecular weight is 546 g/mol. The van der Waals surface area contributed by atoms with Crippen LogP contribution in [0.3, 0.4) is 0 Å². The molecule has 1 aliphatic heterocycles. The highest BCUT2D eigenvalue weighted by Crippen LogP contribution is 2.30. The average Bonchev–Trinajstić information content (AvgIpc) is 3.42. The van der Waals surface area contributed by atoms with E-state index in [0.29, 0.717) is 37.6 Å². The van der Waals surface area contributed by atoms with Crippen LogP contribution in [0.2, 0.25) is 0 Å². The molecule has 9 nitrogen and oxygen atoms in total. The predicted octanol–water partition coefficient (Wildman–Crippen LogP) is 4.54. The quantitative estimate of drug-likeness (QED) is 0.337. The van der Waals surface area contributed by atoms with Crippen LogP contribution < -0.4 is 5.32 Å². The van der Waals surface area contributed by atoms with Gasteiger partial charge >= 0.3 is 0 Å². The Morgan fingerprint density at radius 2 is 1.59 bits per heavy atom. The highest BCUT2D eigenvalue weighted by molar-refractivity contribution is 6.07. The first kappa shape index (κ1) is 26.3. The highest BCUT2D eigenvalue weighted by atomic mass is 16.2. The zero-order chi connectivity index (χ0) is 28.3. The van der Waals surface area contributed by atoms with Gasteiger partial charge in [-0.15, -0.1) is 10.2 Å². The summed E-state index contributed by atoms with van der Waals surface area (Å²) in [6.07, 6.45) is 0. The van der Waals surface area contributed by atoms with E-state index in [9.17, 15) is 9.59 Å². The smallest absolute Gasteiger partial charge is 0.254 e. The second-order valence-corrected chi connectivity index (χ2v) is 10.3. The topological polar surface area (TPSA) is 96.3 Å². The van der Waals surface area contributed by atoms with Crippen molar-refractivity contribution in [1.29, 1.82) is 0 Å². The van der Waals surface area contributed by atoms with Crippen molar-refractivity contribution in [3.05, 3.63) is 108 Å². The van der Waals surface area contributed by atoms with Gasteiger partial charge in [0.05, 0.1) is 13.1 Å². The van der Waals surface area contributed by atoms with Gasteiger partial charge in [-0.3, -0.25) is 14.5 Å². The lowest BCUT2D eigenvalue weighted by atomic mass is 9.97. The van der Waals surface area contributed by atoms with E-state index in [1.165, 1.54) is 11.7 Å². The standard InChI is InChI=1S/C32H31N7O2/c1-22(40)33-27-12-6-10-24(21-27)25-14-15-28-26(20-25)11-7-13-29(28)32(41)39-18-16-38(17-19-39)30(23-8-4-3-5-9-23)31-34-36-37(2)35-31/h3-15,20-21,30H,16-19H2,1-2H3,(H,33,40). The fraction of sp³-hybridized carbons (Fsp3) is 0.219. The molecule has 1 unspecified atom stereocenters. The van der Waals surface area contributed by atoms with E-state index in [4.69, 9.17) is 0 Å².